The van der Waals surface area contributed by atoms with Crippen LogP contribution >= 0.6 is 15.9 Å². The van der Waals surface area contributed by atoms with Crippen LogP contribution in [0.1, 0.15) is 21.5 Å². The first-order chi connectivity index (χ1) is 12.4. The van der Waals surface area contributed by atoms with Gasteiger partial charge < -0.3 is 24.2 Å². The smallest absolute Gasteiger partial charge is 0.258 e. The lowest BCUT2D eigenvalue weighted by Gasteiger charge is -2.15. The minimum absolute atomic E-state index is 0.0695. The molecular formula is C19H18BrNO5. The van der Waals surface area contributed by atoms with Crippen LogP contribution in [-0.2, 0) is 0 Å². The number of carbonyl (C=O) groups excluding carboxylic acids is 1. The maximum atomic E-state index is 12.6. The summed E-state index contributed by atoms with van der Waals surface area (Å²) in [6, 6.07) is 6.79. The number of amides is 1. The van der Waals surface area contributed by atoms with Crippen molar-refractivity contribution in [3.8, 4) is 23.0 Å². The Morgan fingerprint density at radius 2 is 1.77 bits per heavy atom. The zero-order valence-corrected chi connectivity index (χ0v) is 16.4. The van der Waals surface area contributed by atoms with Gasteiger partial charge in [0.1, 0.15) is 11.5 Å². The molecule has 26 heavy (non-hydrogen) atoms. The summed E-state index contributed by atoms with van der Waals surface area (Å²) in [7, 11) is 6.25. The highest BCUT2D eigenvalue weighted by Crippen LogP contribution is 2.44. The van der Waals surface area contributed by atoms with E-state index >= 15 is 0 Å². The van der Waals surface area contributed by atoms with Gasteiger partial charge >= 0.3 is 0 Å². The molecule has 1 heterocycles. The largest absolute Gasteiger partial charge is 0.504 e. The van der Waals surface area contributed by atoms with Gasteiger partial charge in [0.2, 0.25) is 0 Å². The molecule has 0 spiro atoms. The zero-order valence-electron chi connectivity index (χ0n) is 14.8. The van der Waals surface area contributed by atoms with E-state index in [1.165, 1.54) is 12.0 Å². The number of fused-ring (bicyclic) bond motifs is 1. The summed E-state index contributed by atoms with van der Waals surface area (Å²) in [5, 5.41) is 10.6. The first-order valence-corrected chi connectivity index (χ1v) is 8.53. The maximum absolute atomic E-state index is 12.6. The number of benzene rings is 2. The fourth-order valence-corrected chi connectivity index (χ4v) is 3.42. The molecule has 0 aliphatic carbocycles. The van der Waals surface area contributed by atoms with Crippen LogP contribution in [0.3, 0.4) is 0 Å². The van der Waals surface area contributed by atoms with Crippen LogP contribution in [0.25, 0.3) is 11.8 Å². The number of methoxy groups -OCH3 is 3. The Morgan fingerprint density at radius 3 is 2.38 bits per heavy atom. The molecule has 0 saturated carbocycles. The van der Waals surface area contributed by atoms with E-state index in [2.05, 4.69) is 15.9 Å². The topological polar surface area (TPSA) is 68.2 Å². The highest BCUT2D eigenvalue weighted by molar-refractivity contribution is 9.10. The number of phenolic OH excluding ortho intramolecular Hbond substituents is 1. The number of hydrogen-bond acceptors (Lipinski definition) is 5. The van der Waals surface area contributed by atoms with E-state index in [4.69, 9.17) is 14.2 Å². The average molecular weight is 420 g/mol. The number of nitrogens with zero attached hydrogens (tertiary/aromatic N) is 1. The Bertz CT molecular complexity index is 923. The van der Waals surface area contributed by atoms with Crippen molar-refractivity contribution in [1.29, 1.82) is 0 Å². The molecule has 1 aliphatic heterocycles. The van der Waals surface area contributed by atoms with Gasteiger partial charge in [-0.15, -0.1) is 0 Å². The third kappa shape index (κ3) is 2.78. The molecular weight excluding hydrogens is 402 g/mol. The van der Waals surface area contributed by atoms with Gasteiger partial charge in [-0.25, -0.2) is 0 Å². The third-order valence-electron chi connectivity index (χ3n) is 4.30. The second-order valence-corrected chi connectivity index (χ2v) is 6.46. The molecule has 136 valence electrons. The van der Waals surface area contributed by atoms with Gasteiger partial charge in [-0.1, -0.05) is 0 Å². The van der Waals surface area contributed by atoms with Crippen LogP contribution in [0.15, 0.2) is 28.7 Å². The van der Waals surface area contributed by atoms with Crippen LogP contribution in [0, 0.1) is 0 Å². The third-order valence-corrected chi connectivity index (χ3v) is 5.15. The number of carbonyl (C=O) groups is 1. The molecule has 0 atom stereocenters. The molecule has 7 heteroatoms. The van der Waals surface area contributed by atoms with Crippen molar-refractivity contribution >= 4 is 33.6 Å². The molecule has 1 N–H and O–H groups in total. The standard InChI is InChI=1S/C19H18BrNO5/c1-21-13(8-10-7-11(24-2)9-15(26-4)17(10)20)16-12(19(21)23)5-6-14(25-3)18(16)22/h5-9,22H,1-4H3/b13-8-. The van der Waals surface area contributed by atoms with Crippen LogP contribution in [0.2, 0.25) is 0 Å². The van der Waals surface area contributed by atoms with Gasteiger partial charge in [0.25, 0.3) is 5.91 Å². The van der Waals surface area contributed by atoms with E-state index in [0.717, 1.165) is 5.56 Å². The highest BCUT2D eigenvalue weighted by atomic mass is 79.9. The number of halogens is 1. The SMILES string of the molecule is COc1cc(/C=C2/c3c(ccc(OC)c3O)C(=O)N2C)c(Br)c(OC)c1. The molecule has 0 unspecified atom stereocenters. The van der Waals surface area contributed by atoms with Crippen LogP contribution in [0.4, 0.5) is 0 Å². The van der Waals surface area contributed by atoms with Gasteiger partial charge in [0.05, 0.1) is 42.6 Å². The van der Waals surface area contributed by atoms with Crippen molar-refractivity contribution in [2.75, 3.05) is 28.4 Å². The lowest BCUT2D eigenvalue weighted by atomic mass is 10.0. The Labute approximate surface area is 159 Å². The van der Waals surface area contributed by atoms with Crippen LogP contribution < -0.4 is 14.2 Å². The predicted molar refractivity (Wildman–Crippen MR) is 102 cm³/mol. The number of phenols is 1. The second kappa shape index (κ2) is 6.92. The normalized spacial score (nSPS) is 14.6. The van der Waals surface area contributed by atoms with Gasteiger partial charge in [0, 0.05) is 13.1 Å². The van der Waals surface area contributed by atoms with Crippen LogP contribution in [-0.4, -0.2) is 44.3 Å². The fraction of sp³-hybridized carbons (Fsp3) is 0.211. The van der Waals surface area contributed by atoms with Crippen molar-refractivity contribution in [3.63, 3.8) is 0 Å². The molecule has 0 fully saturated rings. The van der Waals surface area contributed by atoms with E-state index in [0.29, 0.717) is 38.5 Å². The summed E-state index contributed by atoms with van der Waals surface area (Å²) in [4.78, 5) is 14.0. The second-order valence-electron chi connectivity index (χ2n) is 5.67. The maximum Gasteiger partial charge on any atom is 0.258 e. The summed E-state index contributed by atoms with van der Waals surface area (Å²) in [5.74, 6) is 1.24. The Morgan fingerprint density at radius 1 is 1.08 bits per heavy atom. The molecule has 1 aliphatic rings. The number of aromatic hydroxyl groups is 1. The quantitative estimate of drug-likeness (QED) is 0.816. The summed E-state index contributed by atoms with van der Waals surface area (Å²) >= 11 is 3.52. The Balaban J connectivity index is 2.25. The molecule has 2 aromatic rings. The lowest BCUT2D eigenvalue weighted by molar-refractivity contribution is 0.0875. The molecule has 6 nitrogen and oxygen atoms in total. The van der Waals surface area contributed by atoms with E-state index in [-0.39, 0.29) is 11.7 Å². The average Bonchev–Trinajstić information content (AvgIpc) is 2.89. The minimum Gasteiger partial charge on any atom is -0.504 e. The highest BCUT2D eigenvalue weighted by Gasteiger charge is 2.33. The molecule has 2 aromatic carbocycles. The molecule has 3 rings (SSSR count). The molecule has 0 aromatic heterocycles. The molecule has 0 radical (unpaired) electrons. The minimum atomic E-state index is -0.199. The van der Waals surface area contributed by atoms with E-state index in [9.17, 15) is 9.90 Å². The van der Waals surface area contributed by atoms with E-state index in [1.807, 2.05) is 6.07 Å². The molecule has 0 bridgehead atoms. The van der Waals surface area contributed by atoms with Crippen molar-refractivity contribution in [2.24, 2.45) is 0 Å². The van der Waals surface area contributed by atoms with Crippen molar-refractivity contribution < 1.29 is 24.1 Å². The lowest BCUT2D eigenvalue weighted by Crippen LogP contribution is -2.17. The summed E-state index contributed by atoms with van der Waals surface area (Å²) in [5.41, 5.74) is 2.15. The van der Waals surface area contributed by atoms with Crippen molar-refractivity contribution in [1.82, 2.24) is 4.90 Å². The fourth-order valence-electron chi connectivity index (χ4n) is 2.91. The Kier molecular flexibility index (Phi) is 4.82. The summed E-state index contributed by atoms with van der Waals surface area (Å²) in [6.45, 7) is 0. The first kappa shape index (κ1) is 18.1. The van der Waals surface area contributed by atoms with E-state index in [1.54, 1.807) is 45.5 Å². The van der Waals surface area contributed by atoms with Crippen molar-refractivity contribution in [3.05, 3.63) is 45.4 Å². The Hall–Kier alpha value is -2.67. The molecule has 1 amide bonds. The zero-order chi connectivity index (χ0) is 19.0. The monoisotopic (exact) mass is 419 g/mol. The summed E-state index contributed by atoms with van der Waals surface area (Å²) in [6.07, 6.45) is 1.79. The van der Waals surface area contributed by atoms with Crippen LogP contribution in [0.5, 0.6) is 23.0 Å². The van der Waals surface area contributed by atoms with Gasteiger partial charge in [-0.05, 0) is 45.8 Å². The van der Waals surface area contributed by atoms with Crippen molar-refractivity contribution in [2.45, 2.75) is 0 Å². The predicted octanol–water partition coefficient (Wildman–Crippen LogP) is 3.76. The van der Waals surface area contributed by atoms with Gasteiger partial charge in [-0.3, -0.25) is 4.79 Å². The molecule has 0 saturated heterocycles. The summed E-state index contributed by atoms with van der Waals surface area (Å²) < 4.78 is 16.6. The number of ether oxygens (including phenoxy) is 3. The van der Waals surface area contributed by atoms with Gasteiger partial charge in [-0.2, -0.15) is 0 Å². The first-order valence-electron chi connectivity index (χ1n) is 7.74. The number of hydrogen-bond donors (Lipinski definition) is 1. The number of rotatable bonds is 4. The van der Waals surface area contributed by atoms with Gasteiger partial charge in [0.15, 0.2) is 11.5 Å². The van der Waals surface area contributed by atoms with E-state index < -0.39 is 0 Å².